The second-order valence-electron chi connectivity index (χ2n) is 8.42. The molecule has 0 bridgehead atoms. The number of likely N-dealkylation sites (tertiary alicyclic amines) is 1. The Balaban J connectivity index is 1.33. The van der Waals surface area contributed by atoms with E-state index in [1.165, 1.54) is 0 Å². The molecule has 1 aromatic heterocycles. The van der Waals surface area contributed by atoms with Crippen LogP contribution < -0.4 is 0 Å². The minimum absolute atomic E-state index is 0.170. The molecule has 1 aliphatic rings. The maximum atomic E-state index is 12.9. The summed E-state index contributed by atoms with van der Waals surface area (Å²) in [5.74, 6) is 0.170. The molecule has 0 atom stereocenters. The Bertz CT molecular complexity index is 1190. The van der Waals surface area contributed by atoms with Gasteiger partial charge >= 0.3 is 0 Å². The van der Waals surface area contributed by atoms with Crippen LogP contribution in [-0.4, -0.2) is 48.6 Å². The lowest BCUT2D eigenvalue weighted by Crippen LogP contribution is -2.39. The number of benzene rings is 2. The first-order valence-electron chi connectivity index (χ1n) is 11.2. The van der Waals surface area contributed by atoms with Gasteiger partial charge in [0.1, 0.15) is 0 Å². The minimum atomic E-state index is -3.32. The molecule has 5 nitrogen and oxygen atoms in total. The Morgan fingerprint density at radius 2 is 1.72 bits per heavy atom. The number of rotatable bonds is 8. The molecule has 0 radical (unpaired) electrons. The third kappa shape index (κ3) is 4.77. The van der Waals surface area contributed by atoms with E-state index in [0.29, 0.717) is 29.2 Å². The molecule has 1 aliphatic heterocycles. The predicted molar refractivity (Wildman–Crippen MR) is 129 cm³/mol. The summed E-state index contributed by atoms with van der Waals surface area (Å²) in [6.07, 6.45) is 4.73. The zero-order valence-corrected chi connectivity index (χ0v) is 19.9. The number of hydrogen-bond donors (Lipinski definition) is 0. The highest BCUT2D eigenvalue weighted by atomic mass is 35.5. The quantitative estimate of drug-likeness (QED) is 0.422. The van der Waals surface area contributed by atoms with Gasteiger partial charge in [0, 0.05) is 40.7 Å². The molecular formula is C25H29ClN2O3S. The van der Waals surface area contributed by atoms with Gasteiger partial charge in [-0.2, -0.15) is 0 Å². The number of carbonyl (C=O) groups is 1. The van der Waals surface area contributed by atoms with E-state index in [1.807, 2.05) is 31.3 Å². The average molecular weight is 473 g/mol. The number of ketones is 1. The zero-order chi connectivity index (χ0) is 22.7. The average Bonchev–Trinajstić information content (AvgIpc) is 3.18. The van der Waals surface area contributed by atoms with E-state index in [-0.39, 0.29) is 11.0 Å². The monoisotopic (exact) mass is 472 g/mol. The van der Waals surface area contributed by atoms with Crippen LogP contribution in [0.3, 0.4) is 0 Å². The van der Waals surface area contributed by atoms with Crippen molar-refractivity contribution in [3.05, 3.63) is 65.3 Å². The number of carbonyl (C=O) groups excluding carboxylic acids is 1. The Morgan fingerprint density at radius 1 is 1.03 bits per heavy atom. The first kappa shape index (κ1) is 23.0. The van der Waals surface area contributed by atoms with Crippen LogP contribution in [0.2, 0.25) is 5.02 Å². The molecule has 7 heteroatoms. The highest BCUT2D eigenvalue weighted by Crippen LogP contribution is 2.26. The zero-order valence-electron chi connectivity index (χ0n) is 18.3. The molecular weight excluding hydrogens is 444 g/mol. The number of aryl methyl sites for hydroxylation is 1. The molecule has 3 aromatic rings. The number of fused-ring (bicyclic) bond motifs is 1. The number of para-hydroxylation sites is 1. The lowest BCUT2D eigenvalue weighted by molar-refractivity contribution is 0.0989. The summed E-state index contributed by atoms with van der Waals surface area (Å²) < 4.78 is 28.0. The highest BCUT2D eigenvalue weighted by molar-refractivity contribution is 7.92. The predicted octanol–water partition coefficient (Wildman–Crippen LogP) is 5.22. The highest BCUT2D eigenvalue weighted by Gasteiger charge is 2.31. The Morgan fingerprint density at radius 3 is 2.41 bits per heavy atom. The van der Waals surface area contributed by atoms with Crippen LogP contribution in [0.5, 0.6) is 0 Å². The van der Waals surface area contributed by atoms with E-state index in [1.54, 1.807) is 24.3 Å². The van der Waals surface area contributed by atoms with Gasteiger partial charge in [-0.05, 0) is 69.2 Å². The van der Waals surface area contributed by atoms with Gasteiger partial charge in [0.15, 0.2) is 15.6 Å². The summed E-state index contributed by atoms with van der Waals surface area (Å²) in [4.78, 5) is 15.0. The topological polar surface area (TPSA) is 59.4 Å². The molecule has 0 amide bonds. The van der Waals surface area contributed by atoms with Crippen molar-refractivity contribution in [1.82, 2.24) is 9.47 Å². The second kappa shape index (κ2) is 9.77. The largest absolute Gasteiger partial charge is 0.347 e. The standard InChI is InChI=1S/C25H29ClN2O3S/c1-2-25(29)23-18-28(24-7-4-3-6-22(23)24)15-5-14-27-16-12-21(13-17-27)32(30,31)20-10-8-19(26)9-11-20/h3-4,6-11,18,21H,2,5,12-17H2,1H3. The van der Waals surface area contributed by atoms with Gasteiger partial charge in [-0.25, -0.2) is 8.42 Å². The summed E-state index contributed by atoms with van der Waals surface area (Å²) >= 11 is 5.90. The summed E-state index contributed by atoms with van der Waals surface area (Å²) in [7, 11) is -3.32. The molecule has 0 unspecified atom stereocenters. The van der Waals surface area contributed by atoms with E-state index >= 15 is 0 Å². The number of Topliss-reactive ketones (excluding diaryl/α,β-unsaturated/α-hetero) is 1. The van der Waals surface area contributed by atoms with E-state index in [2.05, 4.69) is 15.5 Å². The third-order valence-corrected chi connectivity index (χ3v) is 8.93. The van der Waals surface area contributed by atoms with Crippen molar-refractivity contribution >= 4 is 38.1 Å². The van der Waals surface area contributed by atoms with Crippen molar-refractivity contribution in [1.29, 1.82) is 0 Å². The van der Waals surface area contributed by atoms with Gasteiger partial charge in [-0.15, -0.1) is 0 Å². The Hall–Kier alpha value is -2.15. The molecule has 0 spiro atoms. The third-order valence-electron chi connectivity index (χ3n) is 6.40. The maximum Gasteiger partial charge on any atom is 0.181 e. The van der Waals surface area contributed by atoms with E-state index in [0.717, 1.165) is 49.1 Å². The van der Waals surface area contributed by atoms with Crippen LogP contribution in [0.15, 0.2) is 59.6 Å². The van der Waals surface area contributed by atoms with Gasteiger partial charge in [-0.1, -0.05) is 36.7 Å². The smallest absolute Gasteiger partial charge is 0.181 e. The molecule has 2 heterocycles. The van der Waals surface area contributed by atoms with Crippen molar-refractivity contribution < 1.29 is 13.2 Å². The van der Waals surface area contributed by atoms with Gasteiger partial charge in [0.2, 0.25) is 0 Å². The van der Waals surface area contributed by atoms with Crippen LogP contribution in [0.25, 0.3) is 10.9 Å². The van der Waals surface area contributed by atoms with E-state index in [4.69, 9.17) is 11.6 Å². The Labute approximate surface area is 194 Å². The molecule has 0 N–H and O–H groups in total. The number of piperidine rings is 1. The molecule has 1 saturated heterocycles. The molecule has 0 aliphatic carbocycles. The van der Waals surface area contributed by atoms with Gasteiger partial charge < -0.3 is 9.47 Å². The molecule has 2 aromatic carbocycles. The molecule has 0 saturated carbocycles. The van der Waals surface area contributed by atoms with Crippen LogP contribution in [-0.2, 0) is 16.4 Å². The number of sulfone groups is 1. The SMILES string of the molecule is CCC(=O)c1cn(CCCN2CCC(S(=O)(=O)c3ccc(Cl)cc3)CC2)c2ccccc12. The van der Waals surface area contributed by atoms with Crippen LogP contribution in [0, 0.1) is 0 Å². The van der Waals surface area contributed by atoms with Gasteiger partial charge in [0.25, 0.3) is 0 Å². The second-order valence-corrected chi connectivity index (χ2v) is 11.1. The summed E-state index contributed by atoms with van der Waals surface area (Å²) in [5.41, 5.74) is 1.90. The van der Waals surface area contributed by atoms with Crippen molar-refractivity contribution in [3.63, 3.8) is 0 Å². The maximum absolute atomic E-state index is 12.9. The summed E-state index contributed by atoms with van der Waals surface area (Å²) in [6, 6.07) is 14.5. The molecule has 170 valence electrons. The first-order chi connectivity index (χ1) is 15.4. The number of halogens is 1. The van der Waals surface area contributed by atoms with Gasteiger partial charge in [-0.3, -0.25) is 4.79 Å². The molecule has 1 fully saturated rings. The fourth-order valence-electron chi connectivity index (χ4n) is 4.57. The van der Waals surface area contributed by atoms with Crippen LogP contribution >= 0.6 is 11.6 Å². The fourth-order valence-corrected chi connectivity index (χ4v) is 6.43. The van der Waals surface area contributed by atoms with Crippen molar-refractivity contribution in [2.24, 2.45) is 0 Å². The number of hydrogen-bond acceptors (Lipinski definition) is 4. The first-order valence-corrected chi connectivity index (χ1v) is 13.2. The number of nitrogens with zero attached hydrogens (tertiary/aromatic N) is 2. The van der Waals surface area contributed by atoms with Crippen molar-refractivity contribution in [2.75, 3.05) is 19.6 Å². The van der Waals surface area contributed by atoms with E-state index < -0.39 is 9.84 Å². The minimum Gasteiger partial charge on any atom is -0.347 e. The van der Waals surface area contributed by atoms with E-state index in [9.17, 15) is 13.2 Å². The van der Waals surface area contributed by atoms with Crippen LogP contribution in [0.1, 0.15) is 43.0 Å². The Kier molecular flexibility index (Phi) is 7.03. The number of aromatic nitrogens is 1. The lowest BCUT2D eigenvalue weighted by Gasteiger charge is -2.31. The lowest BCUT2D eigenvalue weighted by atomic mass is 10.1. The van der Waals surface area contributed by atoms with Crippen LogP contribution in [0.4, 0.5) is 0 Å². The molecule has 4 rings (SSSR count). The normalized spacial score (nSPS) is 15.9. The van der Waals surface area contributed by atoms with Gasteiger partial charge in [0.05, 0.1) is 10.1 Å². The fraction of sp³-hybridized carbons (Fsp3) is 0.400. The molecule has 32 heavy (non-hydrogen) atoms. The van der Waals surface area contributed by atoms with Crippen molar-refractivity contribution in [2.45, 2.75) is 49.3 Å². The van der Waals surface area contributed by atoms with Crippen molar-refractivity contribution in [3.8, 4) is 0 Å². The summed E-state index contributed by atoms with van der Waals surface area (Å²) in [5, 5.41) is 1.23. The summed E-state index contributed by atoms with van der Waals surface area (Å²) in [6.45, 7) is 5.20.